The minimum atomic E-state index is -0.505. The number of hydrogen-bond acceptors (Lipinski definition) is 4. The van der Waals surface area contributed by atoms with Gasteiger partial charge in [-0.05, 0) is 30.7 Å². The first-order chi connectivity index (χ1) is 9.49. The molecule has 104 valence electrons. The monoisotopic (exact) mass is 295 g/mol. The molecule has 0 unspecified atom stereocenters. The summed E-state index contributed by atoms with van der Waals surface area (Å²) >= 11 is 5.68. The summed E-state index contributed by atoms with van der Waals surface area (Å²) < 4.78 is 13.0. The van der Waals surface area contributed by atoms with Crippen LogP contribution in [0.15, 0.2) is 30.5 Å². The van der Waals surface area contributed by atoms with Crippen LogP contribution in [0.5, 0.6) is 0 Å². The van der Waals surface area contributed by atoms with Crippen LogP contribution in [0.4, 0.5) is 15.9 Å². The fourth-order valence-corrected chi connectivity index (χ4v) is 1.95. The summed E-state index contributed by atoms with van der Waals surface area (Å²) in [6.07, 6.45) is 1.49. The van der Waals surface area contributed by atoms with Gasteiger partial charge in [0.1, 0.15) is 5.82 Å². The smallest absolute Gasteiger partial charge is 0.314 e. The van der Waals surface area contributed by atoms with E-state index >= 15 is 0 Å². The zero-order valence-corrected chi connectivity index (χ0v) is 11.3. The maximum absolute atomic E-state index is 13.0. The molecule has 1 heterocycles. The van der Waals surface area contributed by atoms with Crippen LogP contribution < -0.4 is 5.32 Å². The number of anilines is 1. The summed E-state index contributed by atoms with van der Waals surface area (Å²) in [6.45, 7) is 1.90. The van der Waals surface area contributed by atoms with Crippen molar-refractivity contribution in [2.75, 3.05) is 5.32 Å². The van der Waals surface area contributed by atoms with Crippen LogP contribution >= 0.6 is 11.6 Å². The van der Waals surface area contributed by atoms with E-state index in [2.05, 4.69) is 10.3 Å². The Kier molecular flexibility index (Phi) is 4.14. The Morgan fingerprint density at radius 3 is 2.85 bits per heavy atom. The second-order valence-corrected chi connectivity index (χ2v) is 4.59. The number of nitrogens with zero attached hydrogens (tertiary/aromatic N) is 2. The molecule has 1 aromatic heterocycles. The fourth-order valence-electron chi connectivity index (χ4n) is 1.75. The molecule has 2 rings (SSSR count). The van der Waals surface area contributed by atoms with E-state index in [1.807, 2.05) is 0 Å². The van der Waals surface area contributed by atoms with Crippen molar-refractivity contribution in [3.63, 3.8) is 0 Å². The number of nitrogens with one attached hydrogen (secondary N) is 1. The third kappa shape index (κ3) is 3.03. The van der Waals surface area contributed by atoms with Gasteiger partial charge in [0, 0.05) is 18.3 Å². The van der Waals surface area contributed by atoms with Crippen LogP contribution in [-0.2, 0) is 6.54 Å². The molecule has 0 spiro atoms. The number of aryl methyl sites for hydroxylation is 1. The number of aromatic nitrogens is 1. The molecule has 5 nitrogen and oxygen atoms in total. The largest absolute Gasteiger partial charge is 0.360 e. The van der Waals surface area contributed by atoms with Crippen molar-refractivity contribution in [2.24, 2.45) is 0 Å². The molecule has 7 heteroatoms. The minimum absolute atomic E-state index is 0.0102. The normalized spacial score (nSPS) is 10.3. The lowest BCUT2D eigenvalue weighted by atomic mass is 10.2. The van der Waals surface area contributed by atoms with Crippen LogP contribution in [0, 0.1) is 22.9 Å². The molecule has 20 heavy (non-hydrogen) atoms. The van der Waals surface area contributed by atoms with Gasteiger partial charge in [-0.3, -0.25) is 10.1 Å². The van der Waals surface area contributed by atoms with Crippen molar-refractivity contribution in [1.29, 1.82) is 0 Å². The number of pyridine rings is 1. The molecule has 0 atom stereocenters. The van der Waals surface area contributed by atoms with E-state index in [0.717, 1.165) is 0 Å². The molecule has 2 aromatic rings. The molecule has 0 bridgehead atoms. The van der Waals surface area contributed by atoms with Gasteiger partial charge in [-0.25, -0.2) is 9.37 Å². The molecule has 0 saturated heterocycles. The molecule has 0 aliphatic rings. The predicted octanol–water partition coefficient (Wildman–Crippen LogP) is 3.70. The summed E-state index contributed by atoms with van der Waals surface area (Å²) in [5.41, 5.74) is 1.15. The Morgan fingerprint density at radius 2 is 2.20 bits per heavy atom. The Balaban J connectivity index is 2.21. The number of halogens is 2. The van der Waals surface area contributed by atoms with Crippen LogP contribution in [-0.4, -0.2) is 9.91 Å². The van der Waals surface area contributed by atoms with Crippen LogP contribution in [0.1, 0.15) is 11.1 Å². The lowest BCUT2D eigenvalue weighted by molar-refractivity contribution is -0.384. The van der Waals surface area contributed by atoms with E-state index in [1.54, 1.807) is 19.1 Å². The van der Waals surface area contributed by atoms with Gasteiger partial charge in [-0.15, -0.1) is 0 Å². The van der Waals surface area contributed by atoms with Gasteiger partial charge in [0.05, 0.1) is 9.95 Å². The lowest BCUT2D eigenvalue weighted by Crippen LogP contribution is -2.06. The highest BCUT2D eigenvalue weighted by atomic mass is 35.5. The van der Waals surface area contributed by atoms with Crippen molar-refractivity contribution in [1.82, 2.24) is 4.98 Å². The van der Waals surface area contributed by atoms with Crippen LogP contribution in [0.3, 0.4) is 0 Å². The maximum atomic E-state index is 13.0. The number of hydrogen-bond donors (Lipinski definition) is 1. The first-order valence-electron chi connectivity index (χ1n) is 5.77. The second-order valence-electron chi connectivity index (χ2n) is 4.18. The third-order valence-electron chi connectivity index (χ3n) is 2.75. The first-order valence-corrected chi connectivity index (χ1v) is 6.14. The Labute approximate surface area is 119 Å². The average molecular weight is 296 g/mol. The SMILES string of the molecule is Cc1ccnc(NCc2ccc(F)c(Cl)c2)c1[N+](=O)[O-]. The molecule has 0 amide bonds. The van der Waals surface area contributed by atoms with Crippen molar-refractivity contribution >= 4 is 23.1 Å². The standard InChI is InChI=1S/C13H11ClFN3O2/c1-8-4-5-16-13(12(8)18(19)20)17-7-9-2-3-11(15)10(14)6-9/h2-6H,7H2,1H3,(H,16,17). The van der Waals surface area contributed by atoms with Crippen molar-refractivity contribution in [3.05, 3.63) is 62.5 Å². The Bertz CT molecular complexity index is 664. The highest BCUT2D eigenvalue weighted by Gasteiger charge is 2.18. The molecular formula is C13H11ClFN3O2. The van der Waals surface area contributed by atoms with Gasteiger partial charge >= 0.3 is 5.69 Å². The molecule has 1 N–H and O–H groups in total. The van der Waals surface area contributed by atoms with Crippen LogP contribution in [0.2, 0.25) is 5.02 Å². The topological polar surface area (TPSA) is 68.1 Å². The summed E-state index contributed by atoms with van der Waals surface area (Å²) in [7, 11) is 0. The predicted molar refractivity (Wildman–Crippen MR) is 74.4 cm³/mol. The molecule has 1 aromatic carbocycles. The molecule has 0 radical (unpaired) electrons. The van der Waals surface area contributed by atoms with Gasteiger partial charge in [0.25, 0.3) is 0 Å². The van der Waals surface area contributed by atoms with Gasteiger partial charge in [0.2, 0.25) is 5.82 Å². The lowest BCUT2D eigenvalue weighted by Gasteiger charge is -2.08. The summed E-state index contributed by atoms with van der Waals surface area (Å²) in [6, 6.07) is 5.83. The minimum Gasteiger partial charge on any atom is -0.360 e. The highest BCUT2D eigenvalue weighted by molar-refractivity contribution is 6.30. The summed E-state index contributed by atoms with van der Waals surface area (Å²) in [5, 5.41) is 13.9. The van der Waals surface area contributed by atoms with Gasteiger partial charge in [0.15, 0.2) is 0 Å². The number of rotatable bonds is 4. The zero-order valence-electron chi connectivity index (χ0n) is 10.6. The summed E-state index contributed by atoms with van der Waals surface area (Å²) in [5.74, 6) is -0.328. The van der Waals surface area contributed by atoms with Crippen molar-refractivity contribution in [2.45, 2.75) is 13.5 Å². The van der Waals surface area contributed by atoms with Crippen molar-refractivity contribution in [3.8, 4) is 0 Å². The van der Waals surface area contributed by atoms with Gasteiger partial charge in [-0.1, -0.05) is 17.7 Å². The van der Waals surface area contributed by atoms with Gasteiger partial charge < -0.3 is 5.32 Å². The quantitative estimate of drug-likeness (QED) is 0.690. The number of nitro groups is 1. The Morgan fingerprint density at radius 1 is 1.45 bits per heavy atom. The molecule has 0 saturated carbocycles. The van der Waals surface area contributed by atoms with E-state index in [1.165, 1.54) is 18.3 Å². The van der Waals surface area contributed by atoms with E-state index in [0.29, 0.717) is 11.1 Å². The van der Waals surface area contributed by atoms with Crippen molar-refractivity contribution < 1.29 is 9.31 Å². The third-order valence-corrected chi connectivity index (χ3v) is 3.04. The zero-order chi connectivity index (χ0) is 14.7. The first kappa shape index (κ1) is 14.2. The molecule has 0 aliphatic heterocycles. The average Bonchev–Trinajstić information content (AvgIpc) is 2.39. The van der Waals surface area contributed by atoms with E-state index in [9.17, 15) is 14.5 Å². The van der Waals surface area contributed by atoms with E-state index in [-0.39, 0.29) is 23.1 Å². The second kappa shape index (κ2) is 5.83. The fraction of sp³-hybridized carbons (Fsp3) is 0.154. The summed E-state index contributed by atoms with van der Waals surface area (Å²) in [4.78, 5) is 14.5. The van der Waals surface area contributed by atoms with E-state index in [4.69, 9.17) is 11.6 Å². The molecule has 0 fully saturated rings. The molecule has 0 aliphatic carbocycles. The number of benzene rings is 1. The van der Waals surface area contributed by atoms with E-state index < -0.39 is 10.7 Å². The highest BCUT2D eigenvalue weighted by Crippen LogP contribution is 2.26. The maximum Gasteiger partial charge on any atom is 0.314 e. The van der Waals surface area contributed by atoms with Crippen LogP contribution in [0.25, 0.3) is 0 Å². The van der Waals surface area contributed by atoms with Gasteiger partial charge in [-0.2, -0.15) is 0 Å². The molecular weight excluding hydrogens is 285 g/mol. The Hall–Kier alpha value is -2.21.